The Morgan fingerprint density at radius 1 is 1.50 bits per heavy atom. The molecule has 0 saturated heterocycles. The number of amidine groups is 1. The Bertz CT molecular complexity index is 146. The Morgan fingerprint density at radius 3 is 2.60 bits per heavy atom. The summed E-state index contributed by atoms with van der Waals surface area (Å²) in [6.45, 7) is 8.54. The van der Waals surface area contributed by atoms with Crippen LogP contribution < -0.4 is 5.32 Å². The molecule has 0 aliphatic carbocycles. The second-order valence-electron chi connectivity index (χ2n) is 3.33. The molecule has 2 nitrogen and oxygen atoms in total. The van der Waals surface area contributed by atoms with Gasteiger partial charge in [-0.2, -0.15) is 0 Å². The van der Waals surface area contributed by atoms with Crippen LogP contribution in [0.25, 0.3) is 0 Å². The smallest absolute Gasteiger partial charge is 0.157 e. The molecule has 1 rings (SSSR count). The van der Waals surface area contributed by atoms with Crippen molar-refractivity contribution < 1.29 is 0 Å². The van der Waals surface area contributed by atoms with E-state index in [-0.39, 0.29) is 4.75 Å². The van der Waals surface area contributed by atoms with E-state index in [1.807, 2.05) is 0 Å². The molecule has 1 N–H and O–H groups in total. The van der Waals surface area contributed by atoms with Crippen LogP contribution in [0.1, 0.15) is 20.8 Å². The SMILES string of the molecule is CC(C)(C)SC1=NCCN1. The summed E-state index contributed by atoms with van der Waals surface area (Å²) in [6, 6.07) is 0. The van der Waals surface area contributed by atoms with E-state index in [2.05, 4.69) is 31.1 Å². The Morgan fingerprint density at radius 2 is 2.20 bits per heavy atom. The first kappa shape index (κ1) is 7.92. The predicted octanol–water partition coefficient (Wildman–Crippen LogP) is 1.48. The summed E-state index contributed by atoms with van der Waals surface area (Å²) in [5.41, 5.74) is 0. The number of nitrogens with one attached hydrogen (secondary N) is 1. The summed E-state index contributed by atoms with van der Waals surface area (Å²) >= 11 is 1.80. The molecule has 0 aromatic rings. The van der Waals surface area contributed by atoms with Crippen molar-refractivity contribution in [2.75, 3.05) is 13.1 Å². The van der Waals surface area contributed by atoms with Crippen molar-refractivity contribution in [2.45, 2.75) is 25.5 Å². The molecule has 0 aromatic heterocycles. The van der Waals surface area contributed by atoms with Crippen molar-refractivity contribution in [3.8, 4) is 0 Å². The highest BCUT2D eigenvalue weighted by Gasteiger charge is 2.16. The van der Waals surface area contributed by atoms with Crippen LogP contribution in [0.15, 0.2) is 4.99 Å². The monoisotopic (exact) mass is 158 g/mol. The minimum Gasteiger partial charge on any atom is -0.363 e. The van der Waals surface area contributed by atoms with Crippen molar-refractivity contribution in [1.82, 2.24) is 5.32 Å². The number of hydrogen-bond donors (Lipinski definition) is 1. The lowest BCUT2D eigenvalue weighted by Crippen LogP contribution is -2.21. The van der Waals surface area contributed by atoms with E-state index in [1.54, 1.807) is 11.8 Å². The second-order valence-corrected chi connectivity index (χ2v) is 5.14. The van der Waals surface area contributed by atoms with E-state index < -0.39 is 0 Å². The summed E-state index contributed by atoms with van der Waals surface area (Å²) in [5.74, 6) is 0. The average Bonchev–Trinajstić information content (AvgIpc) is 2.12. The number of aliphatic imine (C=N–C) groups is 1. The largest absolute Gasteiger partial charge is 0.363 e. The zero-order valence-corrected chi connectivity index (χ0v) is 7.59. The molecule has 58 valence electrons. The van der Waals surface area contributed by atoms with E-state index in [9.17, 15) is 0 Å². The normalized spacial score (nSPS) is 18.5. The fraction of sp³-hybridized carbons (Fsp3) is 0.857. The van der Waals surface area contributed by atoms with Gasteiger partial charge in [-0.15, -0.1) is 0 Å². The Balaban J connectivity index is 2.38. The molecular formula is C7H14N2S. The van der Waals surface area contributed by atoms with Gasteiger partial charge in [0.05, 0.1) is 6.54 Å². The predicted molar refractivity (Wildman–Crippen MR) is 47.6 cm³/mol. The molecular weight excluding hydrogens is 144 g/mol. The van der Waals surface area contributed by atoms with Gasteiger partial charge in [0.25, 0.3) is 0 Å². The van der Waals surface area contributed by atoms with Gasteiger partial charge in [-0.05, 0) is 0 Å². The van der Waals surface area contributed by atoms with Crippen LogP contribution in [0.3, 0.4) is 0 Å². The molecule has 10 heavy (non-hydrogen) atoms. The first-order chi connectivity index (χ1) is 4.58. The van der Waals surface area contributed by atoms with Crippen molar-refractivity contribution in [1.29, 1.82) is 0 Å². The van der Waals surface area contributed by atoms with Crippen LogP contribution >= 0.6 is 11.8 Å². The maximum atomic E-state index is 4.29. The fourth-order valence-electron chi connectivity index (χ4n) is 0.735. The summed E-state index contributed by atoms with van der Waals surface area (Å²) in [4.78, 5) is 4.29. The summed E-state index contributed by atoms with van der Waals surface area (Å²) < 4.78 is 0.288. The van der Waals surface area contributed by atoms with Gasteiger partial charge in [0, 0.05) is 11.3 Å². The van der Waals surface area contributed by atoms with Gasteiger partial charge in [0.2, 0.25) is 0 Å². The lowest BCUT2D eigenvalue weighted by molar-refractivity contribution is 0.808. The lowest BCUT2D eigenvalue weighted by Gasteiger charge is -2.16. The third kappa shape index (κ3) is 2.60. The molecule has 0 fully saturated rings. The van der Waals surface area contributed by atoms with Gasteiger partial charge in [-0.25, -0.2) is 0 Å². The number of thioether (sulfide) groups is 1. The second kappa shape index (κ2) is 2.82. The number of rotatable bonds is 0. The van der Waals surface area contributed by atoms with Crippen LogP contribution in [-0.2, 0) is 0 Å². The molecule has 0 bridgehead atoms. The highest BCUT2D eigenvalue weighted by molar-refractivity contribution is 8.14. The van der Waals surface area contributed by atoms with Gasteiger partial charge in [-0.1, -0.05) is 32.5 Å². The molecule has 0 amide bonds. The standard InChI is InChI=1S/C7H14N2S/c1-7(2,3)10-6-8-4-5-9-6/h4-5H2,1-3H3,(H,8,9). The lowest BCUT2D eigenvalue weighted by atomic mass is 10.3. The van der Waals surface area contributed by atoms with Crippen LogP contribution in [0, 0.1) is 0 Å². The number of hydrogen-bond acceptors (Lipinski definition) is 3. The Hall–Kier alpha value is -0.180. The van der Waals surface area contributed by atoms with E-state index in [1.165, 1.54) is 0 Å². The highest BCUT2D eigenvalue weighted by atomic mass is 32.2. The summed E-state index contributed by atoms with van der Waals surface area (Å²) in [5, 5.41) is 4.33. The van der Waals surface area contributed by atoms with Crippen LogP contribution in [0.5, 0.6) is 0 Å². The van der Waals surface area contributed by atoms with Gasteiger partial charge in [0.1, 0.15) is 0 Å². The molecule has 1 aliphatic heterocycles. The first-order valence-corrected chi connectivity index (χ1v) is 4.37. The van der Waals surface area contributed by atoms with Crippen molar-refractivity contribution in [2.24, 2.45) is 4.99 Å². The minimum absolute atomic E-state index is 0.288. The Labute approximate surface area is 66.5 Å². The molecule has 1 aliphatic rings. The van der Waals surface area contributed by atoms with E-state index in [0.29, 0.717) is 0 Å². The van der Waals surface area contributed by atoms with Gasteiger partial charge in [-0.3, -0.25) is 4.99 Å². The van der Waals surface area contributed by atoms with Gasteiger partial charge >= 0.3 is 0 Å². The molecule has 0 atom stereocenters. The Kier molecular flexibility index (Phi) is 2.24. The minimum atomic E-state index is 0.288. The maximum absolute atomic E-state index is 4.29. The van der Waals surface area contributed by atoms with E-state index >= 15 is 0 Å². The van der Waals surface area contributed by atoms with Crippen LogP contribution in [-0.4, -0.2) is 23.0 Å². The van der Waals surface area contributed by atoms with Gasteiger partial charge in [0.15, 0.2) is 5.17 Å². The van der Waals surface area contributed by atoms with Crippen molar-refractivity contribution >= 4 is 16.9 Å². The first-order valence-electron chi connectivity index (χ1n) is 3.55. The topological polar surface area (TPSA) is 24.4 Å². The quantitative estimate of drug-likeness (QED) is 0.577. The zero-order chi connectivity index (χ0) is 7.61. The summed E-state index contributed by atoms with van der Waals surface area (Å²) in [7, 11) is 0. The molecule has 0 unspecified atom stereocenters. The molecule has 0 aromatic carbocycles. The molecule has 1 heterocycles. The van der Waals surface area contributed by atoms with Gasteiger partial charge < -0.3 is 5.32 Å². The average molecular weight is 158 g/mol. The summed E-state index contributed by atoms with van der Waals surface area (Å²) in [6.07, 6.45) is 0. The van der Waals surface area contributed by atoms with Crippen molar-refractivity contribution in [3.05, 3.63) is 0 Å². The number of nitrogens with zero attached hydrogens (tertiary/aromatic N) is 1. The zero-order valence-electron chi connectivity index (χ0n) is 6.77. The maximum Gasteiger partial charge on any atom is 0.157 e. The molecule has 0 saturated carbocycles. The van der Waals surface area contributed by atoms with E-state index in [4.69, 9.17) is 0 Å². The third-order valence-corrected chi connectivity index (χ3v) is 2.13. The molecule has 3 heteroatoms. The van der Waals surface area contributed by atoms with Crippen molar-refractivity contribution in [3.63, 3.8) is 0 Å². The third-order valence-electron chi connectivity index (χ3n) is 1.05. The van der Waals surface area contributed by atoms with E-state index in [0.717, 1.165) is 18.3 Å². The fourth-order valence-corrected chi connectivity index (χ4v) is 1.64. The highest BCUT2D eigenvalue weighted by Crippen LogP contribution is 2.24. The molecule has 0 radical (unpaired) electrons. The van der Waals surface area contributed by atoms with Crippen LogP contribution in [0.4, 0.5) is 0 Å². The van der Waals surface area contributed by atoms with Crippen LogP contribution in [0.2, 0.25) is 0 Å². The molecule has 0 spiro atoms.